The van der Waals surface area contributed by atoms with Crippen LogP contribution in [0.2, 0.25) is 0 Å². The van der Waals surface area contributed by atoms with E-state index in [-0.39, 0.29) is 18.0 Å². The van der Waals surface area contributed by atoms with Crippen molar-refractivity contribution < 1.29 is 4.79 Å². The van der Waals surface area contributed by atoms with Crippen LogP contribution in [-0.2, 0) is 4.79 Å². The van der Waals surface area contributed by atoms with Gasteiger partial charge in [0.05, 0.1) is 11.0 Å². The Morgan fingerprint density at radius 1 is 1.42 bits per heavy atom. The summed E-state index contributed by atoms with van der Waals surface area (Å²) in [6.45, 7) is 4.90. The van der Waals surface area contributed by atoms with E-state index in [1.54, 1.807) is 0 Å². The average molecular weight is 258 g/mol. The van der Waals surface area contributed by atoms with Crippen molar-refractivity contribution in [2.75, 3.05) is 11.9 Å². The normalized spacial score (nSPS) is 19.6. The van der Waals surface area contributed by atoms with Gasteiger partial charge in [0.2, 0.25) is 11.9 Å². The topological polar surface area (TPSA) is 61.0 Å². The molecule has 0 aliphatic carbocycles. The second-order valence-corrected chi connectivity index (χ2v) is 5.21. The van der Waals surface area contributed by atoms with Crippen LogP contribution in [0.25, 0.3) is 11.0 Å². The molecule has 1 aromatic heterocycles. The van der Waals surface area contributed by atoms with Gasteiger partial charge in [-0.3, -0.25) is 4.79 Å². The van der Waals surface area contributed by atoms with Crippen molar-refractivity contribution in [3.8, 4) is 0 Å². The highest BCUT2D eigenvalue weighted by molar-refractivity contribution is 5.87. The van der Waals surface area contributed by atoms with Crippen LogP contribution in [0.4, 0.5) is 5.95 Å². The van der Waals surface area contributed by atoms with Gasteiger partial charge in [-0.15, -0.1) is 0 Å². The monoisotopic (exact) mass is 258 g/mol. The molecule has 1 fully saturated rings. The van der Waals surface area contributed by atoms with E-state index in [9.17, 15) is 4.79 Å². The number of aromatic nitrogens is 2. The highest BCUT2D eigenvalue weighted by Gasteiger charge is 2.33. The first-order valence-corrected chi connectivity index (χ1v) is 6.67. The number of H-pyrrole nitrogens is 1. The largest absolute Gasteiger partial charge is 0.344 e. The zero-order valence-corrected chi connectivity index (χ0v) is 11.2. The first-order valence-electron chi connectivity index (χ1n) is 6.67. The predicted octanol–water partition coefficient (Wildman–Crippen LogP) is 1.98. The summed E-state index contributed by atoms with van der Waals surface area (Å²) in [7, 11) is 0. The number of carbonyl (C=O) groups is 1. The van der Waals surface area contributed by atoms with Gasteiger partial charge in [-0.2, -0.15) is 0 Å². The molecule has 0 spiro atoms. The number of likely N-dealkylation sites (tertiary alicyclic amines) is 1. The highest BCUT2D eigenvalue weighted by atomic mass is 16.2. The fourth-order valence-corrected chi connectivity index (χ4v) is 2.53. The Kier molecular flexibility index (Phi) is 2.89. The number of rotatable bonds is 3. The van der Waals surface area contributed by atoms with Crippen molar-refractivity contribution in [2.45, 2.75) is 32.4 Å². The van der Waals surface area contributed by atoms with E-state index in [0.717, 1.165) is 24.0 Å². The van der Waals surface area contributed by atoms with E-state index in [4.69, 9.17) is 0 Å². The van der Waals surface area contributed by atoms with Crippen LogP contribution in [0.3, 0.4) is 0 Å². The van der Waals surface area contributed by atoms with Crippen LogP contribution in [0.5, 0.6) is 0 Å². The molecular formula is C14H18N4O. The second-order valence-electron chi connectivity index (χ2n) is 5.21. The van der Waals surface area contributed by atoms with E-state index in [1.807, 2.05) is 43.0 Å². The highest BCUT2D eigenvalue weighted by Crippen LogP contribution is 2.19. The first kappa shape index (κ1) is 12.0. The Bertz CT molecular complexity index is 571. The smallest absolute Gasteiger partial charge is 0.245 e. The summed E-state index contributed by atoms with van der Waals surface area (Å²) in [6.07, 6.45) is 0.827. The molecule has 2 aromatic rings. The van der Waals surface area contributed by atoms with Gasteiger partial charge in [0.15, 0.2) is 0 Å². The van der Waals surface area contributed by atoms with Crippen molar-refractivity contribution in [1.29, 1.82) is 0 Å². The SMILES string of the molecule is CC(C)N1CCC(Nc2nc3ccccc3[nH]2)C1=O. The van der Waals surface area contributed by atoms with Crippen LogP contribution in [0.1, 0.15) is 20.3 Å². The van der Waals surface area contributed by atoms with Gasteiger partial charge < -0.3 is 15.2 Å². The van der Waals surface area contributed by atoms with E-state index < -0.39 is 0 Å². The maximum atomic E-state index is 12.2. The lowest BCUT2D eigenvalue weighted by Crippen LogP contribution is -2.37. The molecule has 5 heteroatoms. The van der Waals surface area contributed by atoms with Gasteiger partial charge in [-0.05, 0) is 32.4 Å². The summed E-state index contributed by atoms with van der Waals surface area (Å²) in [5, 5.41) is 3.21. The molecule has 2 N–H and O–H groups in total. The van der Waals surface area contributed by atoms with Crippen LogP contribution in [-0.4, -0.2) is 39.4 Å². The number of hydrogen-bond acceptors (Lipinski definition) is 3. The fraction of sp³-hybridized carbons (Fsp3) is 0.429. The molecule has 100 valence electrons. The number of hydrogen-bond donors (Lipinski definition) is 2. The molecule has 1 aliphatic heterocycles. The average Bonchev–Trinajstić information content (AvgIpc) is 2.94. The molecule has 3 rings (SSSR count). The van der Waals surface area contributed by atoms with Crippen molar-refractivity contribution in [2.24, 2.45) is 0 Å². The number of fused-ring (bicyclic) bond motifs is 1. The standard InChI is InChI=1S/C14H18N4O/c1-9(2)18-8-7-12(13(18)19)17-14-15-10-5-3-4-6-11(10)16-14/h3-6,9,12H,7-8H2,1-2H3,(H2,15,16,17). The summed E-state index contributed by atoms with van der Waals surface area (Å²) in [5.41, 5.74) is 1.90. The molecular weight excluding hydrogens is 240 g/mol. The Morgan fingerprint density at radius 3 is 2.89 bits per heavy atom. The van der Waals surface area contributed by atoms with E-state index in [0.29, 0.717) is 5.95 Å². The number of imidazole rings is 1. The van der Waals surface area contributed by atoms with Crippen LogP contribution in [0, 0.1) is 0 Å². The molecule has 1 saturated heterocycles. The molecule has 1 amide bonds. The number of nitrogens with one attached hydrogen (secondary N) is 2. The maximum Gasteiger partial charge on any atom is 0.245 e. The number of benzene rings is 1. The molecule has 5 nitrogen and oxygen atoms in total. The predicted molar refractivity (Wildman–Crippen MR) is 75.0 cm³/mol. The third-order valence-electron chi connectivity index (χ3n) is 3.56. The van der Waals surface area contributed by atoms with Crippen molar-refractivity contribution in [1.82, 2.24) is 14.9 Å². The van der Waals surface area contributed by atoms with Crippen molar-refractivity contribution in [3.05, 3.63) is 24.3 Å². The summed E-state index contributed by atoms with van der Waals surface area (Å²) in [6, 6.07) is 7.94. The quantitative estimate of drug-likeness (QED) is 0.885. The molecule has 1 atom stereocenters. The Morgan fingerprint density at radius 2 is 2.21 bits per heavy atom. The summed E-state index contributed by atoms with van der Waals surface area (Å²) in [5.74, 6) is 0.834. The van der Waals surface area contributed by atoms with Gasteiger partial charge in [0.25, 0.3) is 0 Å². The number of aromatic amines is 1. The number of para-hydroxylation sites is 2. The minimum absolute atomic E-state index is 0.162. The number of amides is 1. The third kappa shape index (κ3) is 2.16. The van der Waals surface area contributed by atoms with Crippen molar-refractivity contribution >= 4 is 22.9 Å². The molecule has 1 aliphatic rings. The molecule has 1 unspecified atom stereocenters. The van der Waals surface area contributed by atoms with Gasteiger partial charge >= 0.3 is 0 Å². The van der Waals surface area contributed by atoms with Crippen molar-refractivity contribution in [3.63, 3.8) is 0 Å². The summed E-state index contributed by atoms with van der Waals surface area (Å²) < 4.78 is 0. The zero-order valence-electron chi connectivity index (χ0n) is 11.2. The van der Waals surface area contributed by atoms with Gasteiger partial charge in [0, 0.05) is 12.6 Å². The molecule has 19 heavy (non-hydrogen) atoms. The lowest BCUT2D eigenvalue weighted by molar-refractivity contribution is -0.129. The minimum Gasteiger partial charge on any atom is -0.344 e. The molecule has 0 saturated carbocycles. The summed E-state index contributed by atoms with van der Waals surface area (Å²) in [4.78, 5) is 21.7. The lowest BCUT2D eigenvalue weighted by atomic mass is 10.2. The Labute approximate surface area is 112 Å². The molecule has 0 radical (unpaired) electrons. The summed E-state index contributed by atoms with van der Waals surface area (Å²) >= 11 is 0. The van der Waals surface area contributed by atoms with Gasteiger partial charge in [-0.25, -0.2) is 4.98 Å². The van der Waals surface area contributed by atoms with Gasteiger partial charge in [-0.1, -0.05) is 12.1 Å². The number of carbonyl (C=O) groups excluding carboxylic acids is 1. The zero-order chi connectivity index (χ0) is 13.4. The third-order valence-corrected chi connectivity index (χ3v) is 3.56. The molecule has 1 aromatic carbocycles. The maximum absolute atomic E-state index is 12.2. The minimum atomic E-state index is -0.164. The van der Waals surface area contributed by atoms with Gasteiger partial charge in [0.1, 0.15) is 6.04 Å². The number of nitrogens with zero attached hydrogens (tertiary/aromatic N) is 2. The lowest BCUT2D eigenvalue weighted by Gasteiger charge is -2.20. The second kappa shape index (κ2) is 4.57. The first-order chi connectivity index (χ1) is 9.15. The molecule has 0 bridgehead atoms. The van der Waals surface area contributed by atoms with Crippen LogP contribution < -0.4 is 5.32 Å². The Balaban J connectivity index is 1.77. The van der Waals surface area contributed by atoms with Crippen LogP contribution in [0.15, 0.2) is 24.3 Å². The van der Waals surface area contributed by atoms with E-state index in [2.05, 4.69) is 15.3 Å². The fourth-order valence-electron chi connectivity index (χ4n) is 2.53. The van der Waals surface area contributed by atoms with E-state index >= 15 is 0 Å². The number of anilines is 1. The van der Waals surface area contributed by atoms with E-state index in [1.165, 1.54) is 0 Å². The van der Waals surface area contributed by atoms with Crippen LogP contribution >= 0.6 is 0 Å². The molecule has 2 heterocycles. The Hall–Kier alpha value is -2.04.